The van der Waals surface area contributed by atoms with E-state index in [1.165, 1.54) is 58.3 Å². The number of aromatic nitrogens is 1. The van der Waals surface area contributed by atoms with E-state index < -0.39 is 44.5 Å². The molecule has 0 aliphatic carbocycles. The third-order valence-corrected chi connectivity index (χ3v) is 7.78. The monoisotopic (exact) mass is 565 g/mol. The molecule has 0 saturated carbocycles. The molecule has 0 spiro atoms. The van der Waals surface area contributed by atoms with Gasteiger partial charge in [0.2, 0.25) is 0 Å². The molecule has 39 heavy (non-hydrogen) atoms. The second kappa shape index (κ2) is 11.4. The Hall–Kier alpha value is -3.97. The number of benzene rings is 2. The lowest BCUT2D eigenvalue weighted by Crippen LogP contribution is -2.36. The van der Waals surface area contributed by atoms with Gasteiger partial charge in [0, 0.05) is 25.0 Å². The number of hydrogen-bond donors (Lipinski definition) is 1. The number of hydroxylamine groups is 2. The first-order valence-electron chi connectivity index (χ1n) is 11.6. The van der Waals surface area contributed by atoms with E-state index in [4.69, 9.17) is 4.84 Å². The SMILES string of the molecule is CCS(=O)(=O)c1ccc(CNC(=O)c2cc(C(=O)N(C)OC)c(C)n(-c3cccc(C(F)(F)F)c3)c2=O)cc1. The van der Waals surface area contributed by atoms with E-state index in [1.54, 1.807) is 0 Å². The Balaban J connectivity index is 2.06. The molecule has 0 atom stereocenters. The quantitative estimate of drug-likeness (QED) is 0.418. The van der Waals surface area contributed by atoms with Crippen molar-refractivity contribution in [3.05, 3.63) is 92.9 Å². The third kappa shape index (κ3) is 6.37. The first kappa shape index (κ1) is 29.6. The van der Waals surface area contributed by atoms with Gasteiger partial charge in [-0.1, -0.05) is 25.1 Å². The minimum atomic E-state index is -4.69. The summed E-state index contributed by atoms with van der Waals surface area (Å²) in [5.74, 6) is -1.70. The summed E-state index contributed by atoms with van der Waals surface area (Å²) in [6.07, 6.45) is -4.69. The van der Waals surface area contributed by atoms with Crippen LogP contribution in [0.25, 0.3) is 5.69 Å². The van der Waals surface area contributed by atoms with Crippen LogP contribution in [0.15, 0.2) is 64.3 Å². The zero-order valence-electron chi connectivity index (χ0n) is 21.5. The number of halogens is 3. The van der Waals surface area contributed by atoms with Crippen molar-refractivity contribution in [3.63, 3.8) is 0 Å². The number of pyridine rings is 1. The van der Waals surface area contributed by atoms with Crippen molar-refractivity contribution < 1.29 is 36.0 Å². The molecule has 2 amide bonds. The van der Waals surface area contributed by atoms with E-state index in [0.29, 0.717) is 5.56 Å². The first-order chi connectivity index (χ1) is 18.2. The number of nitrogens with one attached hydrogen (secondary N) is 1. The van der Waals surface area contributed by atoms with Gasteiger partial charge in [0.05, 0.1) is 28.9 Å². The van der Waals surface area contributed by atoms with Crippen molar-refractivity contribution in [2.24, 2.45) is 0 Å². The fraction of sp³-hybridized carbons (Fsp3) is 0.269. The van der Waals surface area contributed by atoms with Gasteiger partial charge in [-0.2, -0.15) is 13.2 Å². The van der Waals surface area contributed by atoms with Gasteiger partial charge in [0.25, 0.3) is 17.4 Å². The van der Waals surface area contributed by atoms with Crippen LogP contribution in [0, 0.1) is 6.92 Å². The molecule has 0 fully saturated rings. The number of alkyl halides is 3. The van der Waals surface area contributed by atoms with Gasteiger partial charge in [-0.15, -0.1) is 0 Å². The second-order valence-electron chi connectivity index (χ2n) is 8.46. The molecule has 13 heteroatoms. The molecule has 0 saturated heterocycles. The minimum Gasteiger partial charge on any atom is -0.348 e. The maximum atomic E-state index is 13.4. The Bertz CT molecular complexity index is 1570. The molecule has 9 nitrogen and oxygen atoms in total. The molecule has 0 bridgehead atoms. The normalized spacial score (nSPS) is 11.8. The van der Waals surface area contributed by atoms with Crippen molar-refractivity contribution in [3.8, 4) is 5.69 Å². The summed E-state index contributed by atoms with van der Waals surface area (Å²) in [5, 5.41) is 3.38. The Morgan fingerprint density at radius 3 is 2.26 bits per heavy atom. The maximum absolute atomic E-state index is 13.4. The van der Waals surface area contributed by atoms with Crippen LogP contribution in [0.1, 0.15) is 44.5 Å². The topological polar surface area (TPSA) is 115 Å². The Labute approximate surface area is 222 Å². The van der Waals surface area contributed by atoms with Crippen LogP contribution in [0.3, 0.4) is 0 Å². The minimum absolute atomic E-state index is 0.00232. The first-order valence-corrected chi connectivity index (χ1v) is 13.2. The number of carbonyl (C=O) groups excluding carboxylic acids is 2. The van der Waals surface area contributed by atoms with Crippen molar-refractivity contribution in [1.82, 2.24) is 14.9 Å². The van der Waals surface area contributed by atoms with Crippen LogP contribution in [0.2, 0.25) is 0 Å². The smallest absolute Gasteiger partial charge is 0.348 e. The van der Waals surface area contributed by atoms with Crippen LogP contribution in [0.5, 0.6) is 0 Å². The Morgan fingerprint density at radius 2 is 1.69 bits per heavy atom. The van der Waals surface area contributed by atoms with E-state index in [2.05, 4.69) is 5.32 Å². The predicted molar refractivity (Wildman–Crippen MR) is 136 cm³/mol. The fourth-order valence-electron chi connectivity index (χ4n) is 3.73. The van der Waals surface area contributed by atoms with Gasteiger partial charge in [-0.05, 0) is 48.9 Å². The lowest BCUT2D eigenvalue weighted by molar-refractivity contribution is -0.137. The molecule has 3 rings (SSSR count). The van der Waals surface area contributed by atoms with Crippen molar-refractivity contribution >= 4 is 21.7 Å². The highest BCUT2D eigenvalue weighted by Gasteiger charge is 2.31. The molecule has 0 aliphatic rings. The summed E-state index contributed by atoms with van der Waals surface area (Å²) in [4.78, 5) is 44.5. The summed E-state index contributed by atoms with van der Waals surface area (Å²) in [6.45, 7) is 2.79. The van der Waals surface area contributed by atoms with Gasteiger partial charge in [-0.25, -0.2) is 13.5 Å². The molecule has 0 unspecified atom stereocenters. The molecule has 0 aliphatic heterocycles. The molecule has 1 aromatic heterocycles. The Morgan fingerprint density at radius 1 is 1.05 bits per heavy atom. The molecule has 1 heterocycles. The molecule has 0 radical (unpaired) electrons. The fourth-order valence-corrected chi connectivity index (χ4v) is 4.61. The maximum Gasteiger partial charge on any atom is 0.416 e. The molecule has 3 aromatic rings. The largest absolute Gasteiger partial charge is 0.416 e. The summed E-state index contributed by atoms with van der Waals surface area (Å²) in [6, 6.07) is 10.8. The van der Waals surface area contributed by atoms with E-state index in [0.717, 1.165) is 33.9 Å². The average molecular weight is 566 g/mol. The van der Waals surface area contributed by atoms with E-state index in [9.17, 15) is 36.0 Å². The zero-order chi connectivity index (χ0) is 29.1. The van der Waals surface area contributed by atoms with Crippen LogP contribution in [-0.4, -0.2) is 49.8 Å². The summed E-state index contributed by atoms with van der Waals surface area (Å²) in [7, 11) is -0.894. The summed E-state index contributed by atoms with van der Waals surface area (Å²) >= 11 is 0. The van der Waals surface area contributed by atoms with E-state index in [-0.39, 0.29) is 34.1 Å². The predicted octanol–water partition coefficient (Wildman–Crippen LogP) is 3.52. The summed E-state index contributed by atoms with van der Waals surface area (Å²) < 4.78 is 65.0. The van der Waals surface area contributed by atoms with Crippen LogP contribution in [0.4, 0.5) is 13.2 Å². The number of sulfone groups is 1. The highest BCUT2D eigenvalue weighted by Crippen LogP contribution is 2.30. The second-order valence-corrected chi connectivity index (χ2v) is 10.7. The van der Waals surface area contributed by atoms with Crippen LogP contribution in [-0.2, 0) is 27.4 Å². The van der Waals surface area contributed by atoms with Crippen LogP contribution >= 0.6 is 0 Å². The third-order valence-electron chi connectivity index (χ3n) is 6.03. The zero-order valence-corrected chi connectivity index (χ0v) is 22.3. The lowest BCUT2D eigenvalue weighted by atomic mass is 10.1. The molecular weight excluding hydrogens is 539 g/mol. The lowest BCUT2D eigenvalue weighted by Gasteiger charge is -2.20. The van der Waals surface area contributed by atoms with Gasteiger partial charge in [-0.3, -0.25) is 23.8 Å². The molecule has 208 valence electrons. The van der Waals surface area contributed by atoms with Crippen LogP contribution < -0.4 is 10.9 Å². The van der Waals surface area contributed by atoms with Gasteiger partial charge in [0.1, 0.15) is 5.56 Å². The standard InChI is InChI=1S/C26H26F3N3O6S/c1-5-39(36,37)20-11-9-17(10-12-20)15-30-23(33)22-14-21(24(34)31(3)38-4)16(2)32(25(22)35)19-8-6-7-18(13-19)26(27,28)29/h6-14H,5,15H2,1-4H3,(H,30,33). The van der Waals surface area contributed by atoms with Crippen molar-refractivity contribution in [2.75, 3.05) is 19.9 Å². The number of nitrogens with zero attached hydrogens (tertiary/aromatic N) is 2. The van der Waals surface area contributed by atoms with Gasteiger partial charge in [0.15, 0.2) is 9.84 Å². The van der Waals surface area contributed by atoms with Gasteiger partial charge < -0.3 is 5.32 Å². The number of carbonyl (C=O) groups is 2. The highest BCUT2D eigenvalue weighted by atomic mass is 32.2. The van der Waals surface area contributed by atoms with E-state index in [1.807, 2.05) is 0 Å². The van der Waals surface area contributed by atoms with E-state index >= 15 is 0 Å². The van der Waals surface area contributed by atoms with Gasteiger partial charge >= 0.3 is 6.18 Å². The van der Waals surface area contributed by atoms with Crippen molar-refractivity contribution in [2.45, 2.75) is 31.5 Å². The molecule has 2 aromatic carbocycles. The number of amides is 2. The molecular formula is C26H26F3N3O6S. The number of rotatable bonds is 8. The Kier molecular flexibility index (Phi) is 8.66. The molecule has 1 N–H and O–H groups in total. The average Bonchev–Trinajstić information content (AvgIpc) is 2.91. The number of hydrogen-bond acceptors (Lipinski definition) is 6. The van der Waals surface area contributed by atoms with Crippen molar-refractivity contribution in [1.29, 1.82) is 0 Å². The highest BCUT2D eigenvalue weighted by molar-refractivity contribution is 7.91. The summed E-state index contributed by atoms with van der Waals surface area (Å²) in [5.41, 5.74) is -2.26.